The molecule has 0 bridgehead atoms. The molecule has 7 heteroatoms. The van der Waals surface area contributed by atoms with Gasteiger partial charge in [-0.1, -0.05) is 26.3 Å². The SMILES string of the molecule is C=CC(=O)N(C)CC(O)COC[Si](C)(C)O[Si](C)(C)CCCC. The summed E-state index contributed by atoms with van der Waals surface area (Å²) >= 11 is 0. The highest BCUT2D eigenvalue weighted by atomic mass is 28.4. The Bertz CT molecular complexity index is 375. The first-order chi connectivity index (χ1) is 10.5. The lowest BCUT2D eigenvalue weighted by atomic mass is 10.3. The van der Waals surface area contributed by atoms with Crippen molar-refractivity contribution in [2.75, 3.05) is 26.4 Å². The van der Waals surface area contributed by atoms with Crippen LogP contribution in [0.4, 0.5) is 0 Å². The van der Waals surface area contributed by atoms with Gasteiger partial charge < -0.3 is 18.9 Å². The normalized spacial score (nSPS) is 13.7. The third-order valence-corrected chi connectivity index (χ3v) is 10.4. The van der Waals surface area contributed by atoms with Crippen molar-refractivity contribution >= 4 is 22.5 Å². The van der Waals surface area contributed by atoms with Crippen LogP contribution in [0.3, 0.4) is 0 Å². The van der Waals surface area contributed by atoms with Crippen molar-refractivity contribution in [3.8, 4) is 0 Å². The van der Waals surface area contributed by atoms with Crippen LogP contribution in [0, 0.1) is 0 Å². The molecule has 0 saturated heterocycles. The van der Waals surface area contributed by atoms with Crippen molar-refractivity contribution in [2.24, 2.45) is 0 Å². The Balaban J connectivity index is 4.18. The number of aliphatic hydroxyl groups is 1. The molecule has 1 unspecified atom stereocenters. The lowest BCUT2D eigenvalue weighted by Crippen LogP contribution is -2.48. The molecule has 0 heterocycles. The number of carbonyl (C=O) groups is 1. The number of nitrogens with zero attached hydrogens (tertiary/aromatic N) is 1. The molecule has 1 amide bonds. The van der Waals surface area contributed by atoms with Gasteiger partial charge in [-0.2, -0.15) is 0 Å². The number of hydrogen-bond donors (Lipinski definition) is 1. The second kappa shape index (κ2) is 10.4. The Hall–Kier alpha value is -0.476. The summed E-state index contributed by atoms with van der Waals surface area (Å²) in [6.07, 6.45) is 3.51. The third kappa shape index (κ3) is 10.8. The van der Waals surface area contributed by atoms with Crippen molar-refractivity contribution < 1.29 is 18.8 Å². The third-order valence-electron chi connectivity index (χ3n) is 3.48. The fraction of sp³-hybridized carbons (Fsp3) is 0.812. The molecule has 0 rings (SSSR count). The highest BCUT2D eigenvalue weighted by molar-refractivity contribution is 6.84. The smallest absolute Gasteiger partial charge is 0.245 e. The van der Waals surface area contributed by atoms with Crippen LogP contribution < -0.4 is 0 Å². The zero-order valence-corrected chi connectivity index (χ0v) is 17.7. The Morgan fingerprint density at radius 3 is 2.43 bits per heavy atom. The maximum atomic E-state index is 11.4. The molecule has 1 N–H and O–H groups in total. The average Bonchev–Trinajstić information content (AvgIpc) is 2.42. The zero-order valence-electron chi connectivity index (χ0n) is 15.7. The zero-order chi connectivity index (χ0) is 18.1. The standard InChI is InChI=1S/C16H35NO4Si2/c1-8-10-11-22(4,5)21-23(6,7)14-20-13-15(18)12-17(3)16(19)9-2/h9,15,18H,2,8,10-14H2,1,3-7H3. The van der Waals surface area contributed by atoms with Gasteiger partial charge in [-0.05, 0) is 38.3 Å². The molecule has 23 heavy (non-hydrogen) atoms. The quantitative estimate of drug-likeness (QED) is 0.429. The van der Waals surface area contributed by atoms with E-state index < -0.39 is 22.7 Å². The highest BCUT2D eigenvalue weighted by Gasteiger charge is 2.33. The predicted molar refractivity (Wildman–Crippen MR) is 100 cm³/mol. The summed E-state index contributed by atoms with van der Waals surface area (Å²) in [5.41, 5.74) is 0. The molecule has 0 radical (unpaired) electrons. The lowest BCUT2D eigenvalue weighted by molar-refractivity contribution is -0.126. The van der Waals surface area contributed by atoms with E-state index in [2.05, 4.69) is 39.7 Å². The molecule has 0 aromatic heterocycles. The molecular weight excluding hydrogens is 326 g/mol. The van der Waals surface area contributed by atoms with Gasteiger partial charge in [-0.15, -0.1) is 0 Å². The van der Waals surface area contributed by atoms with Crippen LogP contribution in [-0.2, 0) is 13.6 Å². The van der Waals surface area contributed by atoms with Gasteiger partial charge in [-0.25, -0.2) is 0 Å². The summed E-state index contributed by atoms with van der Waals surface area (Å²) in [6, 6.07) is 1.18. The van der Waals surface area contributed by atoms with Crippen LogP contribution in [0.1, 0.15) is 19.8 Å². The Morgan fingerprint density at radius 1 is 1.30 bits per heavy atom. The molecule has 5 nitrogen and oxygen atoms in total. The van der Waals surface area contributed by atoms with Crippen molar-refractivity contribution in [3.05, 3.63) is 12.7 Å². The van der Waals surface area contributed by atoms with E-state index >= 15 is 0 Å². The molecule has 0 aromatic rings. The van der Waals surface area contributed by atoms with Gasteiger partial charge in [0, 0.05) is 13.6 Å². The fourth-order valence-corrected chi connectivity index (χ4v) is 10.9. The van der Waals surface area contributed by atoms with E-state index in [1.807, 2.05) is 0 Å². The van der Waals surface area contributed by atoms with Gasteiger partial charge in [-0.3, -0.25) is 4.79 Å². The van der Waals surface area contributed by atoms with Gasteiger partial charge in [0.1, 0.15) is 0 Å². The van der Waals surface area contributed by atoms with E-state index in [0.29, 0.717) is 6.23 Å². The van der Waals surface area contributed by atoms with E-state index in [-0.39, 0.29) is 19.1 Å². The summed E-state index contributed by atoms with van der Waals surface area (Å²) in [5, 5.41) is 9.94. The number of carbonyl (C=O) groups excluding carboxylic acids is 1. The van der Waals surface area contributed by atoms with Gasteiger partial charge in [0.25, 0.3) is 0 Å². The van der Waals surface area contributed by atoms with Crippen LogP contribution in [0.5, 0.6) is 0 Å². The molecule has 1 atom stereocenters. The molecule has 0 aliphatic carbocycles. The maximum Gasteiger partial charge on any atom is 0.245 e. The lowest BCUT2D eigenvalue weighted by Gasteiger charge is -2.34. The van der Waals surface area contributed by atoms with E-state index in [4.69, 9.17) is 8.85 Å². The molecule has 0 aliphatic rings. The Kier molecular flexibility index (Phi) is 10.2. The average molecular weight is 362 g/mol. The van der Waals surface area contributed by atoms with Crippen LogP contribution in [0.15, 0.2) is 12.7 Å². The first kappa shape index (κ1) is 22.5. The second-order valence-electron chi connectivity index (χ2n) is 7.32. The molecule has 136 valence electrons. The summed E-state index contributed by atoms with van der Waals surface area (Å²) in [5.74, 6) is -0.203. The number of likely N-dealkylation sites (N-methyl/N-ethyl adjacent to an activating group) is 1. The van der Waals surface area contributed by atoms with Crippen molar-refractivity contribution in [3.63, 3.8) is 0 Å². The van der Waals surface area contributed by atoms with E-state index in [9.17, 15) is 9.90 Å². The van der Waals surface area contributed by atoms with Gasteiger partial charge in [0.15, 0.2) is 16.6 Å². The fourth-order valence-electron chi connectivity index (χ4n) is 2.49. The van der Waals surface area contributed by atoms with Crippen LogP contribution in [0.2, 0.25) is 32.2 Å². The minimum atomic E-state index is -1.89. The highest BCUT2D eigenvalue weighted by Crippen LogP contribution is 2.21. The van der Waals surface area contributed by atoms with Gasteiger partial charge >= 0.3 is 0 Å². The van der Waals surface area contributed by atoms with E-state index in [1.165, 1.54) is 29.9 Å². The molecule has 0 aliphatic heterocycles. The largest absolute Gasteiger partial charge is 0.454 e. The van der Waals surface area contributed by atoms with E-state index in [1.54, 1.807) is 7.05 Å². The summed E-state index contributed by atoms with van der Waals surface area (Å²) in [6.45, 7) is 14.9. The van der Waals surface area contributed by atoms with Crippen molar-refractivity contribution in [2.45, 2.75) is 58.1 Å². The van der Waals surface area contributed by atoms with Crippen LogP contribution in [-0.4, -0.2) is 65.1 Å². The number of ether oxygens (including phenoxy) is 1. The number of rotatable bonds is 12. The summed E-state index contributed by atoms with van der Waals surface area (Å²) in [7, 11) is -1.88. The van der Waals surface area contributed by atoms with Crippen LogP contribution >= 0.6 is 0 Å². The first-order valence-electron chi connectivity index (χ1n) is 8.36. The number of aliphatic hydroxyl groups excluding tert-OH is 1. The monoisotopic (exact) mass is 361 g/mol. The van der Waals surface area contributed by atoms with Gasteiger partial charge in [0.05, 0.1) is 18.9 Å². The summed E-state index contributed by atoms with van der Waals surface area (Å²) < 4.78 is 12.1. The van der Waals surface area contributed by atoms with Crippen LogP contribution in [0.25, 0.3) is 0 Å². The summed E-state index contributed by atoms with van der Waals surface area (Å²) in [4.78, 5) is 12.8. The first-order valence-corrected chi connectivity index (χ1v) is 14.6. The van der Waals surface area contributed by atoms with Crippen molar-refractivity contribution in [1.29, 1.82) is 0 Å². The Labute approximate surface area is 143 Å². The molecule has 0 aromatic carbocycles. The number of amides is 1. The van der Waals surface area contributed by atoms with E-state index in [0.717, 1.165) is 0 Å². The maximum absolute atomic E-state index is 11.4. The molecule has 0 fully saturated rings. The molecular formula is C16H35NO4Si2. The van der Waals surface area contributed by atoms with Crippen molar-refractivity contribution in [1.82, 2.24) is 4.90 Å². The number of hydrogen-bond acceptors (Lipinski definition) is 4. The minimum Gasteiger partial charge on any atom is -0.454 e. The minimum absolute atomic E-state index is 0.203. The predicted octanol–water partition coefficient (Wildman–Crippen LogP) is 2.77. The second-order valence-corrected chi connectivity index (χ2v) is 16.0. The number of unbranched alkanes of at least 4 members (excludes halogenated alkanes) is 1. The van der Waals surface area contributed by atoms with Gasteiger partial charge in [0.2, 0.25) is 5.91 Å². The topological polar surface area (TPSA) is 59.0 Å². The molecule has 0 spiro atoms. The molecule has 0 saturated carbocycles. The Morgan fingerprint density at radius 2 is 1.91 bits per heavy atom.